The summed E-state index contributed by atoms with van der Waals surface area (Å²) in [4.78, 5) is 6.97. The molecule has 20 heavy (non-hydrogen) atoms. The van der Waals surface area contributed by atoms with Crippen molar-refractivity contribution in [3.05, 3.63) is 23.8 Å². The van der Waals surface area contributed by atoms with E-state index in [4.69, 9.17) is 5.73 Å². The Hall–Kier alpha value is -1.13. The lowest BCUT2D eigenvalue weighted by molar-refractivity contribution is 0.239. The van der Waals surface area contributed by atoms with Gasteiger partial charge in [-0.3, -0.25) is 4.90 Å². The van der Waals surface area contributed by atoms with E-state index in [1.165, 1.54) is 36.1 Å². The van der Waals surface area contributed by atoms with Gasteiger partial charge in [-0.25, -0.2) is 4.98 Å². The SMILES string of the molecule is CC(C)CCN(Cc1ccc2nc(N)sc2c1)C1CC1. The van der Waals surface area contributed by atoms with Crippen LogP contribution >= 0.6 is 11.3 Å². The number of benzene rings is 1. The molecule has 0 amide bonds. The minimum Gasteiger partial charge on any atom is -0.375 e. The fourth-order valence-electron chi connectivity index (χ4n) is 2.57. The lowest BCUT2D eigenvalue weighted by Crippen LogP contribution is -2.27. The third kappa shape index (κ3) is 3.30. The topological polar surface area (TPSA) is 42.2 Å². The van der Waals surface area contributed by atoms with Crippen molar-refractivity contribution in [2.24, 2.45) is 5.92 Å². The second-order valence-electron chi connectivity index (χ2n) is 6.24. The van der Waals surface area contributed by atoms with Crippen molar-refractivity contribution in [1.29, 1.82) is 0 Å². The number of fused-ring (bicyclic) bond motifs is 1. The molecule has 0 spiro atoms. The molecule has 0 unspecified atom stereocenters. The van der Waals surface area contributed by atoms with E-state index in [1.807, 2.05) is 0 Å². The van der Waals surface area contributed by atoms with Crippen LogP contribution in [0.2, 0.25) is 0 Å². The van der Waals surface area contributed by atoms with Crippen LogP contribution in [-0.4, -0.2) is 22.5 Å². The molecule has 1 aromatic carbocycles. The number of rotatable bonds is 6. The summed E-state index contributed by atoms with van der Waals surface area (Å²) in [7, 11) is 0. The minimum atomic E-state index is 0.663. The lowest BCUT2D eigenvalue weighted by Gasteiger charge is -2.23. The fraction of sp³-hybridized carbons (Fsp3) is 0.562. The zero-order valence-corrected chi connectivity index (χ0v) is 13.1. The van der Waals surface area contributed by atoms with Gasteiger partial charge in [-0.1, -0.05) is 31.3 Å². The molecule has 3 nitrogen and oxygen atoms in total. The average molecular weight is 289 g/mol. The molecule has 0 atom stereocenters. The molecule has 2 aromatic rings. The van der Waals surface area contributed by atoms with Crippen LogP contribution in [0.5, 0.6) is 0 Å². The van der Waals surface area contributed by atoms with Gasteiger partial charge in [0.05, 0.1) is 10.2 Å². The van der Waals surface area contributed by atoms with Crippen LogP contribution in [0.1, 0.15) is 38.7 Å². The third-order valence-electron chi connectivity index (χ3n) is 3.91. The molecular formula is C16H23N3S. The van der Waals surface area contributed by atoms with E-state index >= 15 is 0 Å². The summed E-state index contributed by atoms with van der Waals surface area (Å²) in [6.45, 7) is 6.88. The number of nitrogens with zero attached hydrogens (tertiary/aromatic N) is 2. The number of anilines is 1. The molecule has 1 aliphatic carbocycles. The minimum absolute atomic E-state index is 0.663. The van der Waals surface area contributed by atoms with Gasteiger partial charge in [0.2, 0.25) is 0 Å². The van der Waals surface area contributed by atoms with Crippen LogP contribution in [0.15, 0.2) is 18.2 Å². The first-order valence-electron chi connectivity index (χ1n) is 7.51. The summed E-state index contributed by atoms with van der Waals surface area (Å²) in [5.74, 6) is 0.778. The fourth-order valence-corrected chi connectivity index (χ4v) is 3.37. The predicted molar refractivity (Wildman–Crippen MR) is 86.9 cm³/mol. The Labute approximate surface area is 124 Å². The molecule has 1 aromatic heterocycles. The molecule has 0 radical (unpaired) electrons. The zero-order valence-electron chi connectivity index (χ0n) is 12.3. The summed E-state index contributed by atoms with van der Waals surface area (Å²) in [5.41, 5.74) is 8.19. The second-order valence-corrected chi connectivity index (χ2v) is 7.30. The van der Waals surface area contributed by atoms with Crippen LogP contribution in [0.3, 0.4) is 0 Å². The molecule has 0 aliphatic heterocycles. The molecule has 2 N–H and O–H groups in total. The first-order valence-corrected chi connectivity index (χ1v) is 8.32. The maximum absolute atomic E-state index is 5.78. The Morgan fingerprint density at radius 1 is 1.40 bits per heavy atom. The van der Waals surface area contributed by atoms with Crippen molar-refractivity contribution in [3.63, 3.8) is 0 Å². The summed E-state index contributed by atoms with van der Waals surface area (Å²) in [5, 5.41) is 0.663. The van der Waals surface area contributed by atoms with Gasteiger partial charge >= 0.3 is 0 Å². The van der Waals surface area contributed by atoms with Gasteiger partial charge in [0.1, 0.15) is 0 Å². The first-order chi connectivity index (χ1) is 9.61. The maximum Gasteiger partial charge on any atom is 0.181 e. The van der Waals surface area contributed by atoms with E-state index in [0.29, 0.717) is 5.13 Å². The number of nitrogen functional groups attached to an aromatic ring is 1. The predicted octanol–water partition coefficient (Wildman–Crippen LogP) is 3.89. The van der Waals surface area contributed by atoms with E-state index in [-0.39, 0.29) is 0 Å². The Morgan fingerprint density at radius 3 is 2.90 bits per heavy atom. The number of hydrogen-bond acceptors (Lipinski definition) is 4. The van der Waals surface area contributed by atoms with Gasteiger partial charge in [-0.05, 0) is 49.4 Å². The Bertz CT molecular complexity index is 586. The highest BCUT2D eigenvalue weighted by Gasteiger charge is 2.28. The molecule has 0 bridgehead atoms. The van der Waals surface area contributed by atoms with Crippen LogP contribution in [0, 0.1) is 5.92 Å². The number of thiazole rings is 1. The highest BCUT2D eigenvalue weighted by molar-refractivity contribution is 7.22. The quantitative estimate of drug-likeness (QED) is 0.877. The zero-order chi connectivity index (χ0) is 14.1. The highest BCUT2D eigenvalue weighted by Crippen LogP contribution is 2.30. The van der Waals surface area contributed by atoms with E-state index < -0.39 is 0 Å². The molecule has 108 valence electrons. The van der Waals surface area contributed by atoms with Crippen molar-refractivity contribution >= 4 is 26.7 Å². The Balaban J connectivity index is 1.72. The smallest absolute Gasteiger partial charge is 0.181 e. The monoisotopic (exact) mass is 289 g/mol. The van der Waals surface area contributed by atoms with Crippen molar-refractivity contribution in [2.75, 3.05) is 12.3 Å². The summed E-state index contributed by atoms with van der Waals surface area (Å²) in [6, 6.07) is 7.38. The average Bonchev–Trinajstić information content (AvgIpc) is 3.16. The normalized spacial score (nSPS) is 15.6. The van der Waals surface area contributed by atoms with Gasteiger partial charge in [-0.2, -0.15) is 0 Å². The van der Waals surface area contributed by atoms with Crippen LogP contribution in [0.25, 0.3) is 10.2 Å². The van der Waals surface area contributed by atoms with Crippen molar-refractivity contribution in [2.45, 2.75) is 45.7 Å². The number of aromatic nitrogens is 1. The van der Waals surface area contributed by atoms with Crippen LogP contribution in [0.4, 0.5) is 5.13 Å². The molecule has 1 fully saturated rings. The van der Waals surface area contributed by atoms with Gasteiger partial charge in [-0.15, -0.1) is 0 Å². The van der Waals surface area contributed by atoms with Gasteiger partial charge in [0, 0.05) is 12.6 Å². The first kappa shape index (κ1) is 13.8. The number of hydrogen-bond donors (Lipinski definition) is 1. The standard InChI is InChI=1S/C16H23N3S/c1-11(2)7-8-19(13-4-5-13)10-12-3-6-14-15(9-12)20-16(17)18-14/h3,6,9,11,13H,4-5,7-8,10H2,1-2H3,(H2,17,18). The van der Waals surface area contributed by atoms with E-state index in [2.05, 4.69) is 41.9 Å². The van der Waals surface area contributed by atoms with E-state index in [0.717, 1.165) is 24.0 Å². The van der Waals surface area contributed by atoms with Crippen molar-refractivity contribution in [3.8, 4) is 0 Å². The Kier molecular flexibility index (Phi) is 3.94. The molecule has 0 saturated heterocycles. The summed E-state index contributed by atoms with van der Waals surface area (Å²) >= 11 is 1.58. The molecule has 1 heterocycles. The summed E-state index contributed by atoms with van der Waals surface area (Å²) < 4.78 is 1.21. The van der Waals surface area contributed by atoms with Crippen LogP contribution < -0.4 is 5.73 Å². The largest absolute Gasteiger partial charge is 0.375 e. The van der Waals surface area contributed by atoms with Crippen LogP contribution in [-0.2, 0) is 6.54 Å². The van der Waals surface area contributed by atoms with E-state index in [9.17, 15) is 0 Å². The van der Waals surface area contributed by atoms with E-state index in [1.54, 1.807) is 11.3 Å². The maximum atomic E-state index is 5.78. The van der Waals surface area contributed by atoms with Crippen molar-refractivity contribution < 1.29 is 0 Å². The van der Waals surface area contributed by atoms with Crippen molar-refractivity contribution in [1.82, 2.24) is 9.88 Å². The second kappa shape index (κ2) is 5.70. The molecule has 4 heteroatoms. The molecular weight excluding hydrogens is 266 g/mol. The Morgan fingerprint density at radius 2 is 2.20 bits per heavy atom. The summed E-state index contributed by atoms with van der Waals surface area (Å²) in [6.07, 6.45) is 4.02. The van der Waals surface area contributed by atoms with Gasteiger partial charge in [0.15, 0.2) is 5.13 Å². The molecule has 1 aliphatic rings. The lowest BCUT2D eigenvalue weighted by atomic mass is 10.1. The third-order valence-corrected chi connectivity index (χ3v) is 4.76. The van der Waals surface area contributed by atoms with Gasteiger partial charge in [0.25, 0.3) is 0 Å². The highest BCUT2D eigenvalue weighted by atomic mass is 32.1. The molecule has 3 rings (SSSR count). The number of nitrogens with two attached hydrogens (primary N) is 1. The van der Waals surface area contributed by atoms with Gasteiger partial charge < -0.3 is 5.73 Å². The molecule has 1 saturated carbocycles.